The molecular formula is C13H17FO3S. The number of carbonyl (C=O) groups is 1. The number of ketones is 1. The predicted octanol–water partition coefficient (Wildman–Crippen LogP) is 2.47. The van der Waals surface area contributed by atoms with Crippen LogP contribution in [-0.2, 0) is 9.84 Å². The molecule has 1 rings (SSSR count). The van der Waals surface area contributed by atoms with Crippen LogP contribution < -0.4 is 0 Å². The molecule has 0 spiro atoms. The van der Waals surface area contributed by atoms with Crippen LogP contribution in [0.1, 0.15) is 30.6 Å². The molecule has 0 saturated carbocycles. The number of Topliss-reactive ketones (excluding diaryl/α,β-unsaturated/α-hetero) is 1. The number of halogens is 1. The molecule has 0 amide bonds. The van der Waals surface area contributed by atoms with Crippen molar-refractivity contribution in [3.63, 3.8) is 0 Å². The van der Waals surface area contributed by atoms with Gasteiger partial charge in [-0.15, -0.1) is 0 Å². The van der Waals surface area contributed by atoms with E-state index < -0.39 is 27.2 Å². The number of benzene rings is 1. The van der Waals surface area contributed by atoms with Gasteiger partial charge in [0, 0.05) is 0 Å². The normalized spacial score (nSPS) is 13.3. The molecule has 1 atom stereocenters. The molecule has 1 aromatic rings. The van der Waals surface area contributed by atoms with Gasteiger partial charge in [0.05, 0.1) is 11.3 Å². The third-order valence-electron chi connectivity index (χ3n) is 2.76. The minimum atomic E-state index is -3.47. The molecule has 18 heavy (non-hydrogen) atoms. The first-order chi connectivity index (χ1) is 8.35. The topological polar surface area (TPSA) is 51.2 Å². The van der Waals surface area contributed by atoms with E-state index in [2.05, 4.69) is 0 Å². The molecule has 0 aliphatic rings. The Labute approximate surface area is 107 Å². The fourth-order valence-electron chi connectivity index (χ4n) is 1.58. The Bertz CT molecular complexity index is 523. The third-order valence-corrected chi connectivity index (χ3v) is 4.54. The van der Waals surface area contributed by atoms with E-state index >= 15 is 0 Å². The van der Waals surface area contributed by atoms with Crippen LogP contribution in [0.25, 0.3) is 0 Å². The van der Waals surface area contributed by atoms with Crippen LogP contribution in [0.15, 0.2) is 24.3 Å². The average Bonchev–Trinajstić information content (AvgIpc) is 2.27. The second-order valence-electron chi connectivity index (χ2n) is 4.47. The summed E-state index contributed by atoms with van der Waals surface area (Å²) in [4.78, 5) is 11.7. The number of hydrogen-bond acceptors (Lipinski definition) is 3. The molecule has 0 saturated heterocycles. The summed E-state index contributed by atoms with van der Waals surface area (Å²) >= 11 is 0. The molecule has 5 heteroatoms. The third kappa shape index (κ3) is 4.22. The molecule has 1 unspecified atom stereocenters. The van der Waals surface area contributed by atoms with Crippen LogP contribution in [0.5, 0.6) is 0 Å². The van der Waals surface area contributed by atoms with E-state index in [4.69, 9.17) is 0 Å². The van der Waals surface area contributed by atoms with Crippen molar-refractivity contribution in [2.75, 3.05) is 11.5 Å². The van der Waals surface area contributed by atoms with Crippen LogP contribution in [-0.4, -0.2) is 25.7 Å². The maximum Gasteiger partial charge on any atom is 0.180 e. The van der Waals surface area contributed by atoms with Crippen molar-refractivity contribution in [2.24, 2.45) is 5.92 Å². The van der Waals surface area contributed by atoms with Crippen LogP contribution in [0.4, 0.5) is 4.39 Å². The Kier molecular flexibility index (Phi) is 5.02. The van der Waals surface area contributed by atoms with Gasteiger partial charge < -0.3 is 0 Å². The van der Waals surface area contributed by atoms with Gasteiger partial charge in [0.25, 0.3) is 0 Å². The molecule has 100 valence electrons. The maximum atomic E-state index is 13.3. The Hall–Kier alpha value is -1.23. The number of rotatable bonds is 6. The zero-order valence-corrected chi connectivity index (χ0v) is 11.3. The van der Waals surface area contributed by atoms with Crippen molar-refractivity contribution in [3.05, 3.63) is 35.6 Å². The molecule has 0 aliphatic carbocycles. The largest absolute Gasteiger partial charge is 0.293 e. The van der Waals surface area contributed by atoms with Gasteiger partial charge in [-0.05, 0) is 18.1 Å². The molecule has 1 aromatic carbocycles. The van der Waals surface area contributed by atoms with Crippen molar-refractivity contribution < 1.29 is 17.6 Å². The molecule has 0 bridgehead atoms. The minimum Gasteiger partial charge on any atom is -0.293 e. The lowest BCUT2D eigenvalue weighted by Crippen LogP contribution is -2.23. The molecule has 0 N–H and O–H groups in total. The van der Waals surface area contributed by atoms with Crippen molar-refractivity contribution in [1.29, 1.82) is 0 Å². The second kappa shape index (κ2) is 6.09. The average molecular weight is 272 g/mol. The van der Waals surface area contributed by atoms with Crippen molar-refractivity contribution in [2.45, 2.75) is 20.3 Å². The van der Waals surface area contributed by atoms with Gasteiger partial charge in [-0.2, -0.15) is 0 Å². The highest BCUT2D eigenvalue weighted by molar-refractivity contribution is 7.92. The lowest BCUT2D eigenvalue weighted by atomic mass is 10.1. The first-order valence-electron chi connectivity index (χ1n) is 5.84. The minimum absolute atomic E-state index is 0.00317. The van der Waals surface area contributed by atoms with Gasteiger partial charge in [0.2, 0.25) is 0 Å². The Morgan fingerprint density at radius 3 is 2.50 bits per heavy atom. The highest BCUT2D eigenvalue weighted by Gasteiger charge is 2.21. The molecule has 0 radical (unpaired) electrons. The van der Waals surface area contributed by atoms with Crippen molar-refractivity contribution >= 4 is 15.6 Å². The van der Waals surface area contributed by atoms with Crippen molar-refractivity contribution in [1.82, 2.24) is 0 Å². The van der Waals surface area contributed by atoms with E-state index in [1.807, 2.05) is 13.8 Å². The van der Waals surface area contributed by atoms with Crippen molar-refractivity contribution in [3.8, 4) is 0 Å². The van der Waals surface area contributed by atoms with E-state index in [-0.39, 0.29) is 17.2 Å². The zero-order chi connectivity index (χ0) is 13.8. The van der Waals surface area contributed by atoms with Gasteiger partial charge in [-0.25, -0.2) is 12.8 Å². The lowest BCUT2D eigenvalue weighted by Gasteiger charge is -2.09. The smallest absolute Gasteiger partial charge is 0.180 e. The van der Waals surface area contributed by atoms with E-state index in [1.165, 1.54) is 18.2 Å². The van der Waals surface area contributed by atoms with E-state index in [1.54, 1.807) is 0 Å². The molecule has 0 aromatic heterocycles. The molecule has 0 heterocycles. The summed E-state index contributed by atoms with van der Waals surface area (Å²) in [7, 11) is -3.47. The van der Waals surface area contributed by atoms with Crippen LogP contribution in [0.2, 0.25) is 0 Å². The van der Waals surface area contributed by atoms with Crippen LogP contribution in [0, 0.1) is 11.7 Å². The maximum absolute atomic E-state index is 13.3. The fraction of sp³-hybridized carbons (Fsp3) is 0.462. The van der Waals surface area contributed by atoms with E-state index in [9.17, 15) is 17.6 Å². The van der Waals surface area contributed by atoms with Gasteiger partial charge in [0.15, 0.2) is 15.6 Å². The van der Waals surface area contributed by atoms with Gasteiger partial charge >= 0.3 is 0 Å². The highest BCUT2D eigenvalue weighted by Crippen LogP contribution is 2.11. The monoisotopic (exact) mass is 272 g/mol. The van der Waals surface area contributed by atoms with E-state index in [0.717, 1.165) is 12.5 Å². The molecular weight excluding hydrogens is 255 g/mol. The highest BCUT2D eigenvalue weighted by atomic mass is 32.2. The van der Waals surface area contributed by atoms with Gasteiger partial charge in [0.1, 0.15) is 11.6 Å². The Balaban J connectivity index is 2.80. The van der Waals surface area contributed by atoms with Gasteiger partial charge in [-0.3, -0.25) is 4.79 Å². The predicted molar refractivity (Wildman–Crippen MR) is 68.8 cm³/mol. The SMILES string of the molecule is CCC(C)CS(=O)(=O)CC(=O)c1ccccc1F. The summed E-state index contributed by atoms with van der Waals surface area (Å²) in [5, 5.41) is 0. The van der Waals surface area contributed by atoms with E-state index in [0.29, 0.717) is 0 Å². The van der Waals surface area contributed by atoms with Crippen LogP contribution in [0.3, 0.4) is 0 Å². The Morgan fingerprint density at radius 1 is 1.33 bits per heavy atom. The number of hydrogen-bond donors (Lipinski definition) is 0. The Morgan fingerprint density at radius 2 is 1.94 bits per heavy atom. The molecule has 0 aliphatic heterocycles. The van der Waals surface area contributed by atoms with Crippen LogP contribution >= 0.6 is 0 Å². The molecule has 0 fully saturated rings. The summed E-state index contributed by atoms with van der Waals surface area (Å²) in [5.41, 5.74) is -0.162. The summed E-state index contributed by atoms with van der Waals surface area (Å²) in [5.74, 6) is -2.02. The first kappa shape index (κ1) is 14.8. The summed E-state index contributed by atoms with van der Waals surface area (Å²) in [6.45, 7) is 3.70. The number of carbonyl (C=O) groups excluding carboxylic acids is 1. The first-order valence-corrected chi connectivity index (χ1v) is 7.66. The summed E-state index contributed by atoms with van der Waals surface area (Å²) in [6.07, 6.45) is 0.729. The lowest BCUT2D eigenvalue weighted by molar-refractivity contribution is 0.101. The quantitative estimate of drug-likeness (QED) is 0.747. The standard InChI is InChI=1S/C13H17FO3S/c1-3-10(2)8-18(16,17)9-13(15)11-6-4-5-7-12(11)14/h4-7,10H,3,8-9H2,1-2H3. The second-order valence-corrected chi connectivity index (χ2v) is 6.58. The summed E-state index contributed by atoms with van der Waals surface area (Å²) < 4.78 is 36.8. The summed E-state index contributed by atoms with van der Waals surface area (Å²) in [6, 6.07) is 5.42. The fourth-order valence-corrected chi connectivity index (χ4v) is 3.35. The number of sulfone groups is 1. The molecule has 3 nitrogen and oxygen atoms in total. The van der Waals surface area contributed by atoms with Gasteiger partial charge in [-0.1, -0.05) is 32.4 Å². The zero-order valence-electron chi connectivity index (χ0n) is 10.5.